The van der Waals surface area contributed by atoms with Crippen LogP contribution in [-0.4, -0.2) is 60.7 Å². The second-order valence-electron chi connectivity index (χ2n) is 4.97. The summed E-state index contributed by atoms with van der Waals surface area (Å²) in [6.45, 7) is 4.06. The maximum absolute atomic E-state index is 12.6. The third-order valence-corrected chi connectivity index (χ3v) is 6.48. The highest BCUT2D eigenvalue weighted by atomic mass is 79.9. The van der Waals surface area contributed by atoms with E-state index in [1.165, 1.54) is 0 Å². The Hall–Kier alpha value is 0.310. The summed E-state index contributed by atoms with van der Waals surface area (Å²) in [6.07, 6.45) is 3.02. The normalized spacial score (nSPS) is 32.6. The summed E-state index contributed by atoms with van der Waals surface area (Å²) >= 11 is 3.35. The largest absolute Gasteiger partial charge is 0.375 e. The monoisotopic (exact) mass is 340 g/mol. The SMILES string of the molecule is CC1CCCCN1S(=O)(=O)N1CCOC(CBr)C1. The van der Waals surface area contributed by atoms with Crippen LogP contribution >= 0.6 is 15.9 Å². The summed E-state index contributed by atoms with van der Waals surface area (Å²) in [5.41, 5.74) is 0. The summed E-state index contributed by atoms with van der Waals surface area (Å²) < 4.78 is 33.9. The van der Waals surface area contributed by atoms with E-state index in [-0.39, 0.29) is 12.1 Å². The molecule has 2 unspecified atom stereocenters. The average Bonchev–Trinajstić information content (AvgIpc) is 2.39. The van der Waals surface area contributed by atoms with Gasteiger partial charge in [-0.25, -0.2) is 0 Å². The van der Waals surface area contributed by atoms with Crippen LogP contribution in [0.5, 0.6) is 0 Å². The lowest BCUT2D eigenvalue weighted by Gasteiger charge is -2.39. The van der Waals surface area contributed by atoms with E-state index in [0.29, 0.717) is 31.6 Å². The number of morpholine rings is 1. The van der Waals surface area contributed by atoms with E-state index in [9.17, 15) is 8.42 Å². The van der Waals surface area contributed by atoms with Crippen LogP contribution in [0.4, 0.5) is 0 Å². The molecule has 2 fully saturated rings. The van der Waals surface area contributed by atoms with E-state index in [2.05, 4.69) is 15.9 Å². The molecule has 18 heavy (non-hydrogen) atoms. The Morgan fingerprint density at radius 3 is 2.78 bits per heavy atom. The Morgan fingerprint density at radius 1 is 1.33 bits per heavy atom. The fourth-order valence-electron chi connectivity index (χ4n) is 2.56. The number of nitrogens with zero attached hydrogens (tertiary/aromatic N) is 2. The third-order valence-electron chi connectivity index (χ3n) is 3.64. The third kappa shape index (κ3) is 3.07. The first-order chi connectivity index (χ1) is 8.55. The number of hydrogen-bond donors (Lipinski definition) is 0. The molecule has 106 valence electrons. The summed E-state index contributed by atoms with van der Waals surface area (Å²) in [5, 5.41) is 0.675. The maximum atomic E-state index is 12.6. The Morgan fingerprint density at radius 2 is 2.11 bits per heavy atom. The fourth-order valence-corrected chi connectivity index (χ4v) is 4.83. The lowest BCUT2D eigenvalue weighted by molar-refractivity contribution is 0.0109. The number of rotatable bonds is 3. The Kier molecular flexibility index (Phi) is 5.05. The van der Waals surface area contributed by atoms with Gasteiger partial charge in [0, 0.05) is 31.0 Å². The molecule has 0 bridgehead atoms. The second kappa shape index (κ2) is 6.17. The number of hydrogen-bond acceptors (Lipinski definition) is 3. The van der Waals surface area contributed by atoms with E-state index in [0.717, 1.165) is 19.3 Å². The van der Waals surface area contributed by atoms with Gasteiger partial charge in [0.15, 0.2) is 0 Å². The van der Waals surface area contributed by atoms with Crippen molar-refractivity contribution < 1.29 is 13.2 Å². The molecule has 2 aliphatic rings. The molecule has 2 rings (SSSR count). The summed E-state index contributed by atoms with van der Waals surface area (Å²) in [7, 11) is -3.31. The number of piperidine rings is 1. The summed E-state index contributed by atoms with van der Waals surface area (Å²) in [4.78, 5) is 0. The van der Waals surface area contributed by atoms with Gasteiger partial charge < -0.3 is 4.74 Å². The van der Waals surface area contributed by atoms with Crippen molar-refractivity contribution in [3.63, 3.8) is 0 Å². The van der Waals surface area contributed by atoms with Crippen molar-refractivity contribution in [3.8, 4) is 0 Å². The first-order valence-electron chi connectivity index (χ1n) is 6.50. The van der Waals surface area contributed by atoms with Crippen molar-refractivity contribution in [2.24, 2.45) is 0 Å². The minimum atomic E-state index is -3.31. The molecule has 0 aromatic carbocycles. The van der Waals surface area contributed by atoms with Gasteiger partial charge in [0.2, 0.25) is 0 Å². The predicted octanol–water partition coefficient (Wildman–Crippen LogP) is 1.20. The van der Waals surface area contributed by atoms with Crippen LogP contribution in [0, 0.1) is 0 Å². The van der Waals surface area contributed by atoms with Gasteiger partial charge in [0.05, 0.1) is 12.7 Å². The molecule has 5 nitrogen and oxygen atoms in total. The minimum Gasteiger partial charge on any atom is -0.375 e. The van der Waals surface area contributed by atoms with Crippen LogP contribution in [-0.2, 0) is 14.9 Å². The molecule has 0 aliphatic carbocycles. The topological polar surface area (TPSA) is 49.9 Å². The van der Waals surface area contributed by atoms with Gasteiger partial charge in [0.1, 0.15) is 0 Å². The summed E-state index contributed by atoms with van der Waals surface area (Å²) in [6, 6.07) is 0.119. The van der Waals surface area contributed by atoms with Crippen LogP contribution < -0.4 is 0 Å². The number of ether oxygens (including phenoxy) is 1. The van der Waals surface area contributed by atoms with E-state index in [4.69, 9.17) is 4.74 Å². The van der Waals surface area contributed by atoms with E-state index >= 15 is 0 Å². The van der Waals surface area contributed by atoms with E-state index in [1.54, 1.807) is 8.61 Å². The zero-order valence-electron chi connectivity index (χ0n) is 10.7. The molecular formula is C11H21BrN2O3S. The summed E-state index contributed by atoms with van der Waals surface area (Å²) in [5.74, 6) is 0. The predicted molar refractivity (Wildman–Crippen MR) is 74.0 cm³/mol. The molecule has 0 aromatic rings. The highest BCUT2D eigenvalue weighted by Crippen LogP contribution is 2.23. The quantitative estimate of drug-likeness (QED) is 0.725. The average molecular weight is 341 g/mol. The van der Waals surface area contributed by atoms with Crippen LogP contribution in [0.2, 0.25) is 0 Å². The molecule has 0 radical (unpaired) electrons. The molecule has 2 heterocycles. The van der Waals surface area contributed by atoms with Gasteiger partial charge in [-0.15, -0.1) is 0 Å². The standard InChI is InChI=1S/C11H21BrN2O3S/c1-10-4-2-3-5-14(10)18(15,16)13-6-7-17-11(8-12)9-13/h10-11H,2-9H2,1H3. The smallest absolute Gasteiger partial charge is 0.282 e. The maximum Gasteiger partial charge on any atom is 0.282 e. The number of halogens is 1. The first-order valence-corrected chi connectivity index (χ1v) is 9.02. The fraction of sp³-hybridized carbons (Fsp3) is 1.00. The van der Waals surface area contributed by atoms with Crippen LogP contribution in [0.3, 0.4) is 0 Å². The van der Waals surface area contributed by atoms with Gasteiger partial charge in [-0.05, 0) is 19.8 Å². The molecule has 0 amide bonds. The second-order valence-corrected chi connectivity index (χ2v) is 7.50. The number of alkyl halides is 1. The lowest BCUT2D eigenvalue weighted by Crippen LogP contribution is -2.54. The van der Waals surface area contributed by atoms with Crippen molar-refractivity contribution in [1.29, 1.82) is 0 Å². The van der Waals surface area contributed by atoms with Crippen molar-refractivity contribution in [2.45, 2.75) is 38.3 Å². The van der Waals surface area contributed by atoms with Gasteiger partial charge in [-0.3, -0.25) is 0 Å². The van der Waals surface area contributed by atoms with Crippen molar-refractivity contribution in [1.82, 2.24) is 8.61 Å². The van der Waals surface area contributed by atoms with E-state index < -0.39 is 10.2 Å². The molecule has 0 aromatic heterocycles. The molecular weight excluding hydrogens is 320 g/mol. The van der Waals surface area contributed by atoms with Crippen molar-refractivity contribution >= 4 is 26.1 Å². The van der Waals surface area contributed by atoms with Gasteiger partial charge in [-0.2, -0.15) is 17.0 Å². The first kappa shape index (κ1) is 14.7. The Bertz CT molecular complexity index is 376. The van der Waals surface area contributed by atoms with Crippen molar-refractivity contribution in [3.05, 3.63) is 0 Å². The van der Waals surface area contributed by atoms with Crippen LogP contribution in [0.25, 0.3) is 0 Å². The molecule has 2 aliphatic heterocycles. The van der Waals surface area contributed by atoms with E-state index in [1.807, 2.05) is 6.92 Å². The van der Waals surface area contributed by atoms with Gasteiger partial charge >= 0.3 is 0 Å². The zero-order valence-corrected chi connectivity index (χ0v) is 13.1. The molecule has 7 heteroatoms. The molecule has 0 N–H and O–H groups in total. The van der Waals surface area contributed by atoms with Gasteiger partial charge in [-0.1, -0.05) is 22.4 Å². The minimum absolute atomic E-state index is 0.0337. The Labute approximate surface area is 118 Å². The Balaban J connectivity index is 2.09. The van der Waals surface area contributed by atoms with Gasteiger partial charge in [0.25, 0.3) is 10.2 Å². The van der Waals surface area contributed by atoms with Crippen LogP contribution in [0.15, 0.2) is 0 Å². The molecule has 0 spiro atoms. The lowest BCUT2D eigenvalue weighted by atomic mass is 10.1. The highest BCUT2D eigenvalue weighted by molar-refractivity contribution is 9.09. The zero-order chi connectivity index (χ0) is 13.2. The highest BCUT2D eigenvalue weighted by Gasteiger charge is 2.37. The van der Waals surface area contributed by atoms with Crippen LogP contribution in [0.1, 0.15) is 26.2 Å². The van der Waals surface area contributed by atoms with Crippen molar-refractivity contribution in [2.75, 3.05) is 31.6 Å². The molecule has 0 saturated carbocycles. The molecule has 2 atom stereocenters. The molecule has 2 saturated heterocycles.